The van der Waals surface area contributed by atoms with Gasteiger partial charge in [0.05, 0.1) is 15.9 Å². The van der Waals surface area contributed by atoms with E-state index >= 15 is 0 Å². The first kappa shape index (κ1) is 19.5. The Labute approximate surface area is 192 Å². The number of aryl methyl sites for hydroxylation is 1. The number of pyridine rings is 1. The van der Waals surface area contributed by atoms with Crippen LogP contribution in [0.1, 0.15) is 31.9 Å². The zero-order valence-corrected chi connectivity index (χ0v) is 19.7. The standard InChI is InChI=1S/C30H25NS/c1-18-10-9-14-23-26-22-13-7-8-15-25(22)31-27(29(26)32-28(18)23)20-16-19-11-5-6-12-21(19)24(17-20)30(2,3)4/h5-17H,1-4H3. The van der Waals surface area contributed by atoms with Gasteiger partial charge in [-0.1, -0.05) is 81.4 Å². The minimum Gasteiger partial charge on any atom is -0.246 e. The molecule has 0 radical (unpaired) electrons. The number of nitrogens with zero attached hydrogens (tertiary/aromatic N) is 1. The summed E-state index contributed by atoms with van der Waals surface area (Å²) in [6.45, 7) is 9.10. The first-order valence-corrected chi connectivity index (χ1v) is 12.0. The molecule has 0 unspecified atom stereocenters. The third-order valence-electron chi connectivity index (χ3n) is 6.48. The Morgan fingerprint density at radius 2 is 1.44 bits per heavy atom. The van der Waals surface area contributed by atoms with Gasteiger partial charge in [-0.05, 0) is 52.4 Å². The van der Waals surface area contributed by atoms with Gasteiger partial charge in [0, 0.05) is 26.4 Å². The van der Waals surface area contributed by atoms with E-state index in [1.54, 1.807) is 0 Å². The summed E-state index contributed by atoms with van der Waals surface area (Å²) < 4.78 is 2.64. The smallest absolute Gasteiger partial charge is 0.0888 e. The van der Waals surface area contributed by atoms with Crippen molar-refractivity contribution in [2.45, 2.75) is 33.1 Å². The summed E-state index contributed by atoms with van der Waals surface area (Å²) >= 11 is 1.88. The van der Waals surface area contributed by atoms with E-state index < -0.39 is 0 Å². The van der Waals surface area contributed by atoms with Crippen LogP contribution in [0.15, 0.2) is 78.9 Å². The molecular formula is C30H25NS. The fourth-order valence-electron chi connectivity index (χ4n) is 4.91. The van der Waals surface area contributed by atoms with Crippen LogP contribution in [0.5, 0.6) is 0 Å². The van der Waals surface area contributed by atoms with Crippen LogP contribution < -0.4 is 0 Å². The Balaban J connectivity index is 1.80. The summed E-state index contributed by atoms with van der Waals surface area (Å²) in [5.41, 5.74) is 6.09. The molecule has 6 rings (SSSR count). The van der Waals surface area contributed by atoms with Gasteiger partial charge in [0.15, 0.2) is 0 Å². The van der Waals surface area contributed by atoms with E-state index in [2.05, 4.69) is 107 Å². The highest BCUT2D eigenvalue weighted by Crippen LogP contribution is 2.45. The maximum Gasteiger partial charge on any atom is 0.0888 e. The van der Waals surface area contributed by atoms with Gasteiger partial charge in [0.1, 0.15) is 0 Å². The van der Waals surface area contributed by atoms with Gasteiger partial charge in [-0.2, -0.15) is 0 Å². The molecule has 2 heteroatoms. The minimum atomic E-state index is 0.0440. The first-order valence-electron chi connectivity index (χ1n) is 11.2. The van der Waals surface area contributed by atoms with Gasteiger partial charge < -0.3 is 0 Å². The lowest BCUT2D eigenvalue weighted by molar-refractivity contribution is 0.596. The van der Waals surface area contributed by atoms with Gasteiger partial charge >= 0.3 is 0 Å². The molecule has 0 atom stereocenters. The molecule has 4 aromatic carbocycles. The van der Waals surface area contributed by atoms with Crippen LogP contribution in [0, 0.1) is 6.92 Å². The molecule has 2 aromatic heterocycles. The molecular weight excluding hydrogens is 406 g/mol. The van der Waals surface area contributed by atoms with Crippen LogP contribution in [0.2, 0.25) is 0 Å². The lowest BCUT2D eigenvalue weighted by Gasteiger charge is -2.23. The molecule has 0 bridgehead atoms. The Morgan fingerprint density at radius 1 is 0.719 bits per heavy atom. The molecule has 0 saturated carbocycles. The summed E-state index contributed by atoms with van der Waals surface area (Å²) in [5.74, 6) is 0. The van der Waals surface area contributed by atoms with Crippen molar-refractivity contribution in [3.05, 3.63) is 90.0 Å². The van der Waals surface area contributed by atoms with Gasteiger partial charge in [-0.15, -0.1) is 11.3 Å². The first-order chi connectivity index (χ1) is 15.4. The van der Waals surface area contributed by atoms with Crippen LogP contribution in [0.3, 0.4) is 0 Å². The van der Waals surface area contributed by atoms with Gasteiger partial charge in [-0.25, -0.2) is 4.98 Å². The summed E-state index contributed by atoms with van der Waals surface area (Å²) in [6, 6.07) is 28.6. The Bertz CT molecular complexity index is 1660. The molecule has 0 aliphatic heterocycles. The van der Waals surface area contributed by atoms with E-state index in [0.717, 1.165) is 11.2 Å². The van der Waals surface area contributed by atoms with Crippen molar-refractivity contribution < 1.29 is 0 Å². The number of benzene rings is 4. The molecule has 1 nitrogen and oxygen atoms in total. The molecule has 0 spiro atoms. The molecule has 0 aliphatic carbocycles. The van der Waals surface area contributed by atoms with E-state index in [1.807, 2.05) is 11.3 Å². The molecule has 156 valence electrons. The largest absolute Gasteiger partial charge is 0.246 e. The second kappa shape index (κ2) is 6.88. The second-order valence-electron chi connectivity index (χ2n) is 9.73. The van der Waals surface area contributed by atoms with E-state index in [9.17, 15) is 0 Å². The number of hydrogen-bond donors (Lipinski definition) is 0. The van der Waals surface area contributed by atoms with Crippen molar-refractivity contribution >= 4 is 53.2 Å². The summed E-state index contributed by atoms with van der Waals surface area (Å²) in [5, 5.41) is 6.50. The van der Waals surface area contributed by atoms with Crippen LogP contribution >= 0.6 is 11.3 Å². The number of fused-ring (bicyclic) bond motifs is 6. The number of thiophene rings is 1. The van der Waals surface area contributed by atoms with Gasteiger partial charge in [0.2, 0.25) is 0 Å². The third kappa shape index (κ3) is 2.87. The molecule has 0 amide bonds. The average Bonchev–Trinajstić information content (AvgIpc) is 3.18. The van der Waals surface area contributed by atoms with Crippen molar-refractivity contribution in [1.82, 2.24) is 4.98 Å². The van der Waals surface area contributed by atoms with Crippen molar-refractivity contribution in [1.29, 1.82) is 0 Å². The van der Waals surface area contributed by atoms with Crippen molar-refractivity contribution in [3.63, 3.8) is 0 Å². The molecule has 0 fully saturated rings. The zero-order chi connectivity index (χ0) is 22.0. The molecule has 0 aliphatic rings. The molecule has 6 aromatic rings. The van der Waals surface area contributed by atoms with Crippen LogP contribution in [0.25, 0.3) is 53.1 Å². The predicted octanol–water partition coefficient (Wildman–Crippen LogP) is 9.03. The number of rotatable bonds is 1. The summed E-state index contributed by atoms with van der Waals surface area (Å²) in [7, 11) is 0. The topological polar surface area (TPSA) is 12.9 Å². The Kier molecular flexibility index (Phi) is 4.18. The van der Waals surface area contributed by atoms with E-state index in [1.165, 1.54) is 53.0 Å². The molecule has 0 N–H and O–H groups in total. The van der Waals surface area contributed by atoms with Gasteiger partial charge in [0.25, 0.3) is 0 Å². The lowest BCUT2D eigenvalue weighted by atomic mass is 9.82. The van der Waals surface area contributed by atoms with Crippen LogP contribution in [-0.4, -0.2) is 4.98 Å². The van der Waals surface area contributed by atoms with Crippen LogP contribution in [-0.2, 0) is 5.41 Å². The molecule has 0 saturated heterocycles. The normalized spacial score (nSPS) is 12.4. The Morgan fingerprint density at radius 3 is 2.25 bits per heavy atom. The monoisotopic (exact) mass is 431 g/mol. The highest BCUT2D eigenvalue weighted by atomic mass is 32.1. The number of aromatic nitrogens is 1. The summed E-state index contributed by atoms with van der Waals surface area (Å²) in [6.07, 6.45) is 0. The van der Waals surface area contributed by atoms with E-state index in [4.69, 9.17) is 4.98 Å². The van der Waals surface area contributed by atoms with E-state index in [-0.39, 0.29) is 5.41 Å². The maximum absolute atomic E-state index is 5.24. The fourth-order valence-corrected chi connectivity index (χ4v) is 6.21. The van der Waals surface area contributed by atoms with Crippen LogP contribution in [0.4, 0.5) is 0 Å². The van der Waals surface area contributed by atoms with Gasteiger partial charge in [-0.3, -0.25) is 0 Å². The maximum atomic E-state index is 5.24. The quantitative estimate of drug-likeness (QED) is 0.253. The SMILES string of the molecule is Cc1cccc2c1sc1c(-c3cc(C(C)(C)C)c4ccccc4c3)nc3ccccc3c12. The lowest BCUT2D eigenvalue weighted by Crippen LogP contribution is -2.12. The third-order valence-corrected chi connectivity index (χ3v) is 7.82. The van der Waals surface area contributed by atoms with Crippen molar-refractivity contribution in [2.24, 2.45) is 0 Å². The average molecular weight is 432 g/mol. The number of para-hydroxylation sites is 1. The zero-order valence-electron chi connectivity index (χ0n) is 18.9. The van der Waals surface area contributed by atoms with Crippen molar-refractivity contribution in [3.8, 4) is 11.3 Å². The fraction of sp³-hybridized carbons (Fsp3) is 0.167. The van der Waals surface area contributed by atoms with E-state index in [0.29, 0.717) is 0 Å². The second-order valence-corrected chi connectivity index (χ2v) is 10.8. The highest BCUT2D eigenvalue weighted by molar-refractivity contribution is 7.26. The molecule has 32 heavy (non-hydrogen) atoms. The molecule has 2 heterocycles. The highest BCUT2D eigenvalue weighted by Gasteiger charge is 2.21. The minimum absolute atomic E-state index is 0.0440. The number of hydrogen-bond acceptors (Lipinski definition) is 2. The summed E-state index contributed by atoms with van der Waals surface area (Å²) in [4.78, 5) is 5.24. The predicted molar refractivity (Wildman–Crippen MR) is 141 cm³/mol. The Hall–Kier alpha value is -3.23. The van der Waals surface area contributed by atoms with Crippen molar-refractivity contribution in [2.75, 3.05) is 0 Å².